The Balaban J connectivity index is 1.77. The number of hydrogen-bond donors (Lipinski definition) is 0. The van der Waals surface area contributed by atoms with Crippen LogP contribution in [-0.2, 0) is 0 Å². The van der Waals surface area contributed by atoms with Crippen molar-refractivity contribution in [1.82, 2.24) is 0 Å². The molecule has 0 saturated carbocycles. The Kier molecular flexibility index (Phi) is 1.99. The molecule has 0 fully saturated rings. The first-order chi connectivity index (χ1) is 5.42. The molecule has 0 unspecified atom stereocenters. The molecule has 2 heterocycles. The van der Waals surface area contributed by atoms with Gasteiger partial charge in [0.2, 0.25) is 0 Å². The van der Waals surface area contributed by atoms with Crippen molar-refractivity contribution < 1.29 is 0 Å². The van der Waals surface area contributed by atoms with Crippen LogP contribution >= 0.6 is 11.3 Å². The van der Waals surface area contributed by atoms with Gasteiger partial charge in [-0.2, -0.15) is 0 Å². The molecule has 1 aliphatic heterocycles. The second kappa shape index (κ2) is 2.98. The highest BCUT2D eigenvalue weighted by molar-refractivity contribution is 7.14. The molecule has 0 atom stereocenters. The second-order valence-corrected chi connectivity index (χ2v) is 4.44. The summed E-state index contributed by atoms with van der Waals surface area (Å²) in [5.74, 6) is 0.867. The van der Waals surface area contributed by atoms with E-state index >= 15 is 0 Å². The van der Waals surface area contributed by atoms with Crippen LogP contribution in [0.2, 0.25) is 0 Å². The number of hydrogen-bond acceptors (Lipinski definition) is 1. The lowest BCUT2D eigenvalue weighted by Gasteiger charge is -2.18. The first-order valence-electron chi connectivity index (χ1n) is 4.51. The van der Waals surface area contributed by atoms with E-state index in [1.807, 2.05) is 11.3 Å². The van der Waals surface area contributed by atoms with Crippen molar-refractivity contribution in [1.29, 1.82) is 0 Å². The number of unbranched alkanes of at least 4 members (excludes halogenated alkanes) is 2. The van der Waals surface area contributed by atoms with E-state index in [9.17, 15) is 0 Å². The van der Waals surface area contributed by atoms with Crippen LogP contribution in [0.1, 0.15) is 48.3 Å². The Morgan fingerprint density at radius 2 is 2.00 bits per heavy atom. The minimum Gasteiger partial charge on any atom is -0.144 e. The third kappa shape index (κ3) is 1.22. The monoisotopic (exact) mass is 166 g/mol. The fraction of sp³-hybridized carbons (Fsp3) is 0.600. The summed E-state index contributed by atoms with van der Waals surface area (Å²) in [4.78, 5) is 3.24. The van der Waals surface area contributed by atoms with Gasteiger partial charge in [0.1, 0.15) is 0 Å². The van der Waals surface area contributed by atoms with Gasteiger partial charge in [0.05, 0.1) is 0 Å². The van der Waals surface area contributed by atoms with Crippen LogP contribution in [0.5, 0.6) is 0 Å². The largest absolute Gasteiger partial charge is 0.144 e. The Labute approximate surface area is 72.3 Å². The fourth-order valence-electron chi connectivity index (χ4n) is 1.71. The van der Waals surface area contributed by atoms with E-state index in [2.05, 4.69) is 19.1 Å². The summed E-state index contributed by atoms with van der Waals surface area (Å²) in [7, 11) is 0. The van der Waals surface area contributed by atoms with E-state index in [4.69, 9.17) is 0 Å². The second-order valence-electron chi connectivity index (χ2n) is 3.29. The standard InChI is InChI=1S/C10H14S/c1-2-3-4-5-8-9-6-7-10(8)11-9/h6-8H,2-5H2,1H3. The van der Waals surface area contributed by atoms with E-state index in [-0.39, 0.29) is 0 Å². The molecule has 60 valence electrons. The normalized spacial score (nSPS) is 15.0. The molecule has 1 aromatic heterocycles. The molecule has 0 nitrogen and oxygen atoms in total. The quantitative estimate of drug-likeness (QED) is 0.597. The first kappa shape index (κ1) is 7.35. The number of fused-ring (bicyclic) bond motifs is 1. The van der Waals surface area contributed by atoms with Gasteiger partial charge < -0.3 is 0 Å². The molecule has 0 radical (unpaired) electrons. The maximum Gasteiger partial charge on any atom is 0.0278 e. The molecule has 2 bridgehead atoms. The summed E-state index contributed by atoms with van der Waals surface area (Å²) in [6, 6.07) is 4.58. The lowest BCUT2D eigenvalue weighted by Crippen LogP contribution is -1.99. The van der Waals surface area contributed by atoms with E-state index in [0.717, 1.165) is 5.92 Å². The molecule has 0 saturated heterocycles. The zero-order valence-electron chi connectivity index (χ0n) is 6.97. The van der Waals surface area contributed by atoms with E-state index < -0.39 is 0 Å². The van der Waals surface area contributed by atoms with Gasteiger partial charge in [0.15, 0.2) is 0 Å². The molecule has 0 amide bonds. The van der Waals surface area contributed by atoms with Crippen LogP contribution < -0.4 is 0 Å². The van der Waals surface area contributed by atoms with Crippen molar-refractivity contribution in [2.45, 2.75) is 38.5 Å². The molecule has 0 aromatic carbocycles. The minimum atomic E-state index is 0.867. The molecular formula is C10H14S. The van der Waals surface area contributed by atoms with Crippen LogP contribution in [-0.4, -0.2) is 0 Å². The van der Waals surface area contributed by atoms with Gasteiger partial charge in [-0.15, -0.1) is 11.3 Å². The Morgan fingerprint density at radius 3 is 2.55 bits per heavy atom. The van der Waals surface area contributed by atoms with Crippen molar-refractivity contribution in [2.24, 2.45) is 0 Å². The maximum atomic E-state index is 2.29. The van der Waals surface area contributed by atoms with E-state index in [0.29, 0.717) is 0 Å². The Morgan fingerprint density at radius 1 is 1.27 bits per heavy atom. The number of rotatable bonds is 4. The fourth-order valence-corrected chi connectivity index (χ4v) is 2.84. The summed E-state index contributed by atoms with van der Waals surface area (Å²) in [5, 5.41) is 0. The third-order valence-corrected chi connectivity index (χ3v) is 3.74. The van der Waals surface area contributed by atoms with E-state index in [1.54, 1.807) is 9.75 Å². The molecule has 1 aliphatic carbocycles. The molecule has 3 rings (SSSR count). The molecule has 1 aromatic rings. The average Bonchev–Trinajstić information content (AvgIpc) is 2.57. The van der Waals surface area contributed by atoms with Crippen molar-refractivity contribution in [2.75, 3.05) is 0 Å². The Hall–Kier alpha value is -0.300. The van der Waals surface area contributed by atoms with Gasteiger partial charge in [0.25, 0.3) is 0 Å². The summed E-state index contributed by atoms with van der Waals surface area (Å²) < 4.78 is 0. The molecule has 1 heteroatoms. The van der Waals surface area contributed by atoms with Crippen LogP contribution in [0, 0.1) is 0 Å². The summed E-state index contributed by atoms with van der Waals surface area (Å²) >= 11 is 1.98. The average molecular weight is 166 g/mol. The Bertz CT molecular complexity index is 211. The van der Waals surface area contributed by atoms with Crippen LogP contribution in [0.4, 0.5) is 0 Å². The third-order valence-electron chi connectivity index (χ3n) is 2.43. The highest BCUT2D eigenvalue weighted by Crippen LogP contribution is 2.46. The van der Waals surface area contributed by atoms with Gasteiger partial charge in [-0.3, -0.25) is 0 Å². The molecule has 2 aliphatic rings. The molecule has 0 spiro atoms. The van der Waals surface area contributed by atoms with Gasteiger partial charge in [-0.25, -0.2) is 0 Å². The predicted molar refractivity (Wildman–Crippen MR) is 50.3 cm³/mol. The van der Waals surface area contributed by atoms with Crippen LogP contribution in [0.15, 0.2) is 12.1 Å². The molecular weight excluding hydrogens is 152 g/mol. The van der Waals surface area contributed by atoms with Crippen molar-refractivity contribution in [3.8, 4) is 0 Å². The van der Waals surface area contributed by atoms with Gasteiger partial charge >= 0.3 is 0 Å². The number of thiophene rings is 1. The summed E-state index contributed by atoms with van der Waals surface area (Å²) in [5.41, 5.74) is 0. The van der Waals surface area contributed by atoms with Crippen molar-refractivity contribution in [3.63, 3.8) is 0 Å². The summed E-state index contributed by atoms with van der Waals surface area (Å²) in [6.45, 7) is 2.27. The van der Waals surface area contributed by atoms with Crippen LogP contribution in [0.25, 0.3) is 0 Å². The molecule has 0 N–H and O–H groups in total. The SMILES string of the molecule is CCCCCC1c2ccc1s2. The van der Waals surface area contributed by atoms with Gasteiger partial charge in [-0.05, 0) is 18.6 Å². The van der Waals surface area contributed by atoms with E-state index in [1.165, 1.54) is 25.7 Å². The maximum absolute atomic E-state index is 2.29. The highest BCUT2D eigenvalue weighted by atomic mass is 32.1. The summed E-state index contributed by atoms with van der Waals surface area (Å²) in [6.07, 6.45) is 5.56. The lowest BCUT2D eigenvalue weighted by atomic mass is 10.0. The lowest BCUT2D eigenvalue weighted by molar-refractivity contribution is 0.627. The predicted octanol–water partition coefficient (Wildman–Crippen LogP) is 3.77. The van der Waals surface area contributed by atoms with Crippen LogP contribution in [0.3, 0.4) is 0 Å². The van der Waals surface area contributed by atoms with Crippen molar-refractivity contribution >= 4 is 11.3 Å². The zero-order chi connectivity index (χ0) is 7.68. The first-order valence-corrected chi connectivity index (χ1v) is 5.33. The zero-order valence-corrected chi connectivity index (χ0v) is 7.79. The topological polar surface area (TPSA) is 0 Å². The smallest absolute Gasteiger partial charge is 0.0278 e. The van der Waals surface area contributed by atoms with Crippen molar-refractivity contribution in [3.05, 3.63) is 21.9 Å². The van der Waals surface area contributed by atoms with Gasteiger partial charge in [-0.1, -0.05) is 26.2 Å². The highest BCUT2D eigenvalue weighted by Gasteiger charge is 2.25. The molecule has 11 heavy (non-hydrogen) atoms. The minimum absolute atomic E-state index is 0.867. The van der Waals surface area contributed by atoms with Gasteiger partial charge in [0, 0.05) is 15.7 Å².